The standard InChI is InChI=1S/C16H21F3N4/c1-11-4-5-14-13(10-11)15(20-21(14)3)23-8-6-22(7-9-23)12(2)16(17,18)19/h4-5,10,12H,6-9H2,1-3H3. The Morgan fingerprint density at radius 3 is 2.39 bits per heavy atom. The number of alkyl halides is 3. The summed E-state index contributed by atoms with van der Waals surface area (Å²) in [5.74, 6) is 0.866. The fourth-order valence-electron chi connectivity index (χ4n) is 3.12. The molecule has 1 aliphatic heterocycles. The maximum Gasteiger partial charge on any atom is 0.403 e. The first-order chi connectivity index (χ1) is 10.8. The third-order valence-electron chi connectivity index (χ3n) is 4.62. The molecule has 2 heterocycles. The third kappa shape index (κ3) is 3.02. The van der Waals surface area contributed by atoms with Crippen molar-refractivity contribution in [1.29, 1.82) is 0 Å². The van der Waals surface area contributed by atoms with Gasteiger partial charge in [-0.3, -0.25) is 9.58 Å². The van der Waals surface area contributed by atoms with Crippen molar-refractivity contribution in [1.82, 2.24) is 14.7 Å². The first kappa shape index (κ1) is 16.1. The van der Waals surface area contributed by atoms with E-state index >= 15 is 0 Å². The molecule has 3 rings (SSSR count). The van der Waals surface area contributed by atoms with Crippen LogP contribution < -0.4 is 4.90 Å². The number of benzene rings is 1. The van der Waals surface area contributed by atoms with E-state index in [1.54, 1.807) is 0 Å². The van der Waals surface area contributed by atoms with Gasteiger partial charge in [-0.1, -0.05) is 11.6 Å². The summed E-state index contributed by atoms with van der Waals surface area (Å²) in [7, 11) is 1.89. The average molecular weight is 326 g/mol. The molecule has 2 aromatic rings. The monoisotopic (exact) mass is 326 g/mol. The SMILES string of the molecule is Cc1ccc2c(c1)c(N1CCN(C(C)C(F)(F)F)CC1)nn2C. The van der Waals surface area contributed by atoms with Gasteiger partial charge in [0.15, 0.2) is 5.82 Å². The predicted octanol–water partition coefficient (Wildman–Crippen LogP) is 2.95. The number of piperazine rings is 1. The summed E-state index contributed by atoms with van der Waals surface area (Å²) in [5.41, 5.74) is 2.19. The van der Waals surface area contributed by atoms with E-state index in [1.165, 1.54) is 11.8 Å². The van der Waals surface area contributed by atoms with E-state index in [2.05, 4.69) is 16.1 Å². The molecule has 0 saturated carbocycles. The van der Waals surface area contributed by atoms with Crippen LogP contribution in [0.5, 0.6) is 0 Å². The van der Waals surface area contributed by atoms with Crippen molar-refractivity contribution in [2.75, 3.05) is 31.1 Å². The predicted molar refractivity (Wildman–Crippen MR) is 84.8 cm³/mol. The van der Waals surface area contributed by atoms with Crippen molar-refractivity contribution in [3.05, 3.63) is 23.8 Å². The third-order valence-corrected chi connectivity index (χ3v) is 4.62. The summed E-state index contributed by atoms with van der Waals surface area (Å²) in [6.07, 6.45) is -4.17. The van der Waals surface area contributed by atoms with Crippen molar-refractivity contribution in [2.24, 2.45) is 7.05 Å². The van der Waals surface area contributed by atoms with E-state index < -0.39 is 12.2 Å². The second kappa shape index (κ2) is 5.70. The van der Waals surface area contributed by atoms with Crippen LogP contribution in [-0.2, 0) is 7.05 Å². The number of fused-ring (bicyclic) bond motifs is 1. The van der Waals surface area contributed by atoms with Gasteiger partial charge in [-0.05, 0) is 26.0 Å². The van der Waals surface area contributed by atoms with E-state index in [-0.39, 0.29) is 0 Å². The molecule has 4 nitrogen and oxygen atoms in total. The van der Waals surface area contributed by atoms with Crippen LogP contribution in [0.15, 0.2) is 18.2 Å². The molecule has 0 N–H and O–H groups in total. The molecule has 0 amide bonds. The number of aryl methyl sites for hydroxylation is 2. The molecule has 126 valence electrons. The van der Waals surface area contributed by atoms with Crippen molar-refractivity contribution >= 4 is 16.7 Å². The molecule has 1 aromatic carbocycles. The van der Waals surface area contributed by atoms with Gasteiger partial charge in [-0.15, -0.1) is 0 Å². The highest BCUT2D eigenvalue weighted by molar-refractivity contribution is 5.91. The van der Waals surface area contributed by atoms with Crippen LogP contribution in [0, 0.1) is 6.92 Å². The Kier molecular flexibility index (Phi) is 4.00. The molecule has 0 spiro atoms. The van der Waals surface area contributed by atoms with Crippen molar-refractivity contribution in [3.8, 4) is 0 Å². The Morgan fingerprint density at radius 1 is 1.13 bits per heavy atom. The van der Waals surface area contributed by atoms with Gasteiger partial charge in [0.25, 0.3) is 0 Å². The van der Waals surface area contributed by atoms with Gasteiger partial charge in [0.2, 0.25) is 0 Å². The van der Waals surface area contributed by atoms with Crippen LogP contribution in [0.1, 0.15) is 12.5 Å². The van der Waals surface area contributed by atoms with Gasteiger partial charge in [0.05, 0.1) is 5.52 Å². The summed E-state index contributed by atoms with van der Waals surface area (Å²) in [6.45, 7) is 5.16. The van der Waals surface area contributed by atoms with Gasteiger partial charge < -0.3 is 4.90 Å². The van der Waals surface area contributed by atoms with Crippen LogP contribution in [0.4, 0.5) is 19.0 Å². The Bertz CT molecular complexity index is 699. The lowest BCUT2D eigenvalue weighted by atomic mass is 10.1. The molecule has 1 atom stereocenters. The summed E-state index contributed by atoms with van der Waals surface area (Å²) in [4.78, 5) is 3.58. The molecule has 23 heavy (non-hydrogen) atoms. The number of nitrogens with zero attached hydrogens (tertiary/aromatic N) is 4. The highest BCUT2D eigenvalue weighted by Gasteiger charge is 2.41. The quantitative estimate of drug-likeness (QED) is 0.848. The number of aromatic nitrogens is 2. The highest BCUT2D eigenvalue weighted by Crippen LogP contribution is 2.29. The molecule has 0 bridgehead atoms. The average Bonchev–Trinajstić information content (AvgIpc) is 2.82. The topological polar surface area (TPSA) is 24.3 Å². The van der Waals surface area contributed by atoms with Crippen molar-refractivity contribution < 1.29 is 13.2 Å². The maximum atomic E-state index is 12.8. The molecule has 1 aliphatic rings. The highest BCUT2D eigenvalue weighted by atomic mass is 19.4. The number of halogens is 3. The van der Waals surface area contributed by atoms with E-state index in [0.29, 0.717) is 26.2 Å². The Morgan fingerprint density at radius 2 is 1.78 bits per heavy atom. The number of hydrogen-bond donors (Lipinski definition) is 0. The normalized spacial score (nSPS) is 18.6. The second-order valence-electron chi connectivity index (χ2n) is 6.21. The largest absolute Gasteiger partial charge is 0.403 e. The minimum absolute atomic E-state index is 0.393. The Labute approximate surface area is 133 Å². The van der Waals surface area contributed by atoms with E-state index in [1.807, 2.05) is 30.8 Å². The van der Waals surface area contributed by atoms with Crippen molar-refractivity contribution in [3.63, 3.8) is 0 Å². The molecule has 7 heteroatoms. The summed E-state index contributed by atoms with van der Waals surface area (Å²) >= 11 is 0. The molecule has 0 aliphatic carbocycles. The van der Waals surface area contributed by atoms with Crippen LogP contribution in [0.3, 0.4) is 0 Å². The molecule has 1 saturated heterocycles. The number of hydrogen-bond acceptors (Lipinski definition) is 3. The lowest BCUT2D eigenvalue weighted by Gasteiger charge is -2.38. The fourth-order valence-corrected chi connectivity index (χ4v) is 3.12. The number of anilines is 1. The van der Waals surface area contributed by atoms with Crippen LogP contribution in [-0.4, -0.2) is 53.1 Å². The lowest BCUT2D eigenvalue weighted by Crippen LogP contribution is -2.53. The summed E-state index contributed by atoms with van der Waals surface area (Å²) in [6, 6.07) is 4.76. The summed E-state index contributed by atoms with van der Waals surface area (Å²) in [5, 5.41) is 5.64. The second-order valence-corrected chi connectivity index (χ2v) is 6.21. The van der Waals surface area contributed by atoms with E-state index in [4.69, 9.17) is 0 Å². The first-order valence-electron chi connectivity index (χ1n) is 7.76. The molecule has 1 fully saturated rings. The number of rotatable bonds is 2. The van der Waals surface area contributed by atoms with Gasteiger partial charge in [0, 0.05) is 38.6 Å². The first-order valence-corrected chi connectivity index (χ1v) is 7.76. The van der Waals surface area contributed by atoms with E-state index in [0.717, 1.165) is 22.3 Å². The lowest BCUT2D eigenvalue weighted by molar-refractivity contribution is -0.179. The van der Waals surface area contributed by atoms with Gasteiger partial charge >= 0.3 is 6.18 Å². The van der Waals surface area contributed by atoms with Crippen LogP contribution in [0.25, 0.3) is 10.9 Å². The fraction of sp³-hybridized carbons (Fsp3) is 0.562. The molecule has 0 radical (unpaired) electrons. The van der Waals surface area contributed by atoms with Crippen molar-refractivity contribution in [2.45, 2.75) is 26.1 Å². The minimum Gasteiger partial charge on any atom is -0.352 e. The zero-order valence-corrected chi connectivity index (χ0v) is 13.6. The Balaban J connectivity index is 1.79. The van der Waals surface area contributed by atoms with Crippen LogP contribution in [0.2, 0.25) is 0 Å². The van der Waals surface area contributed by atoms with Gasteiger partial charge in [-0.25, -0.2) is 0 Å². The maximum absolute atomic E-state index is 12.8. The summed E-state index contributed by atoms with van der Waals surface area (Å²) < 4.78 is 40.3. The molecular weight excluding hydrogens is 305 g/mol. The zero-order valence-electron chi connectivity index (χ0n) is 13.6. The van der Waals surface area contributed by atoms with Gasteiger partial charge in [0.1, 0.15) is 6.04 Å². The molecule has 1 aromatic heterocycles. The van der Waals surface area contributed by atoms with Crippen LogP contribution >= 0.6 is 0 Å². The molecular formula is C16H21F3N4. The van der Waals surface area contributed by atoms with Gasteiger partial charge in [-0.2, -0.15) is 18.3 Å². The Hall–Kier alpha value is -1.76. The molecule has 1 unspecified atom stereocenters. The minimum atomic E-state index is -4.17. The smallest absolute Gasteiger partial charge is 0.352 e. The van der Waals surface area contributed by atoms with E-state index in [9.17, 15) is 13.2 Å². The zero-order chi connectivity index (χ0) is 16.8.